The normalized spacial score (nSPS) is 21.8. The molecule has 0 saturated carbocycles. The van der Waals surface area contributed by atoms with Crippen LogP contribution in [0.3, 0.4) is 0 Å². The van der Waals surface area contributed by atoms with Gasteiger partial charge >= 0.3 is 6.72 Å². The third-order valence-electron chi connectivity index (χ3n) is 6.36. The Kier molecular flexibility index (Phi) is 9.88. The second-order valence-electron chi connectivity index (χ2n) is 9.08. The Bertz CT molecular complexity index is 1810. The maximum atomic E-state index is 15.8. The number of alkyl halides is 1. The average molecular weight is 692 g/mol. The summed E-state index contributed by atoms with van der Waals surface area (Å²) in [5, 5.41) is 0. The van der Waals surface area contributed by atoms with Crippen molar-refractivity contribution in [2.75, 3.05) is 18.9 Å². The van der Waals surface area contributed by atoms with Gasteiger partial charge in [0, 0.05) is 6.20 Å². The van der Waals surface area contributed by atoms with E-state index in [0.717, 1.165) is 0 Å². The van der Waals surface area contributed by atoms with Gasteiger partial charge in [0.15, 0.2) is 29.2 Å². The van der Waals surface area contributed by atoms with E-state index in [0.29, 0.717) is 5.65 Å². The monoisotopic (exact) mass is 691 g/mol. The third-order valence-corrected chi connectivity index (χ3v) is 8.58. The highest BCUT2D eigenvalue weighted by molar-refractivity contribution is 8.36. The first-order chi connectivity index (χ1) is 21.0. The highest BCUT2D eigenvalue weighted by Gasteiger charge is 2.50. The Balaban J connectivity index is 1.41. The minimum atomic E-state index is -4.26. The van der Waals surface area contributed by atoms with Crippen LogP contribution in [0.25, 0.3) is 22.3 Å². The van der Waals surface area contributed by atoms with Crippen LogP contribution in [0.5, 0.6) is 0 Å². The first-order valence-electron chi connectivity index (χ1n) is 12.4. The Morgan fingerprint density at radius 1 is 1.36 bits per heavy atom. The molecule has 1 aliphatic rings. The number of rotatable bonds is 14. The SMILES string of the molecule is NC(=O)c1cnc2c(c1)nc(COP(O)(=S)O[C@@H]1[C@@H](F)[C@@H](COPS)O[C@H]1n1cnc3c(=O)[nH]c(N)nc31)n2CCOC=O. The van der Waals surface area contributed by atoms with Crippen molar-refractivity contribution in [2.45, 2.75) is 37.8 Å². The summed E-state index contributed by atoms with van der Waals surface area (Å²) in [6, 6.07) is 1.40. The quantitative estimate of drug-likeness (QED) is 0.0514. The summed E-state index contributed by atoms with van der Waals surface area (Å²) in [6.07, 6.45) is -3.57. The number of fused-ring (bicyclic) bond motifs is 2. The number of pyridine rings is 1. The van der Waals surface area contributed by atoms with E-state index in [1.807, 2.05) is 0 Å². The number of imidazole rings is 2. The van der Waals surface area contributed by atoms with Gasteiger partial charge in [-0.05, 0) is 17.9 Å². The number of thiol groups is 1. The van der Waals surface area contributed by atoms with E-state index in [1.165, 1.54) is 27.7 Å². The van der Waals surface area contributed by atoms with Gasteiger partial charge < -0.3 is 39.4 Å². The molecule has 0 radical (unpaired) electrons. The van der Waals surface area contributed by atoms with Crippen molar-refractivity contribution < 1.29 is 41.9 Å². The van der Waals surface area contributed by atoms with E-state index in [2.05, 4.69) is 37.2 Å². The van der Waals surface area contributed by atoms with E-state index in [4.69, 9.17) is 46.3 Å². The summed E-state index contributed by atoms with van der Waals surface area (Å²) in [7, 11) is -0.266. The number of H-pyrrole nitrogens is 1. The molecule has 6 N–H and O–H groups in total. The van der Waals surface area contributed by atoms with Crippen LogP contribution < -0.4 is 17.0 Å². The lowest BCUT2D eigenvalue weighted by molar-refractivity contribution is -0.128. The lowest BCUT2D eigenvalue weighted by atomic mass is 10.1. The fraction of sp³-hybridized carbons (Fsp3) is 0.381. The number of nitrogen functional groups attached to an aromatic ring is 1. The molecule has 1 saturated heterocycles. The maximum Gasteiger partial charge on any atom is 0.325 e. The van der Waals surface area contributed by atoms with Crippen molar-refractivity contribution in [1.82, 2.24) is 34.1 Å². The molecule has 0 spiro atoms. The molecule has 236 valence electrons. The number of carbonyl (C=O) groups is 2. The topological polar surface area (TPSA) is 247 Å². The third kappa shape index (κ3) is 6.75. The van der Waals surface area contributed by atoms with Gasteiger partial charge in [0.1, 0.15) is 36.8 Å². The Morgan fingerprint density at radius 3 is 2.89 bits per heavy atom. The van der Waals surface area contributed by atoms with Crippen LogP contribution in [-0.2, 0) is 52.8 Å². The molecule has 4 aromatic rings. The molecule has 0 aromatic carbocycles. The average Bonchev–Trinajstić information content (AvgIpc) is 3.64. The van der Waals surface area contributed by atoms with E-state index < -0.39 is 49.4 Å². The molecule has 44 heavy (non-hydrogen) atoms. The number of nitrogens with two attached hydrogens (primary N) is 2. The predicted molar refractivity (Wildman–Crippen MR) is 159 cm³/mol. The molecule has 5 heterocycles. The molecular weight excluding hydrogens is 667 g/mol. The van der Waals surface area contributed by atoms with Crippen molar-refractivity contribution in [3.05, 3.63) is 40.3 Å². The number of nitrogens with one attached hydrogen (secondary N) is 1. The number of aromatic amines is 1. The molecule has 0 aliphatic carbocycles. The molecule has 1 amide bonds. The second kappa shape index (κ2) is 13.5. The maximum absolute atomic E-state index is 15.8. The Hall–Kier alpha value is -3.13. The van der Waals surface area contributed by atoms with E-state index in [1.54, 1.807) is 0 Å². The van der Waals surface area contributed by atoms with Gasteiger partial charge in [-0.15, -0.1) is 12.2 Å². The van der Waals surface area contributed by atoms with Crippen molar-refractivity contribution in [1.29, 1.82) is 0 Å². The second-order valence-corrected chi connectivity index (χ2v) is 12.9. The van der Waals surface area contributed by atoms with Crippen LogP contribution in [-0.4, -0.2) is 82.9 Å². The number of ether oxygens (including phenoxy) is 2. The van der Waals surface area contributed by atoms with Crippen LogP contribution in [0.15, 0.2) is 23.4 Å². The summed E-state index contributed by atoms with van der Waals surface area (Å²) in [5.41, 5.74) is 10.9. The van der Waals surface area contributed by atoms with Crippen molar-refractivity contribution in [3.8, 4) is 0 Å². The molecule has 1 fully saturated rings. The van der Waals surface area contributed by atoms with Crippen LogP contribution in [0.4, 0.5) is 10.3 Å². The molecule has 1 aliphatic heterocycles. The van der Waals surface area contributed by atoms with Crippen LogP contribution >= 0.6 is 27.0 Å². The minimum absolute atomic E-state index is 0.0315. The first-order valence-corrected chi connectivity index (χ1v) is 17.2. The van der Waals surface area contributed by atoms with Gasteiger partial charge in [0.2, 0.25) is 11.9 Å². The summed E-state index contributed by atoms with van der Waals surface area (Å²) in [4.78, 5) is 64.6. The van der Waals surface area contributed by atoms with Crippen molar-refractivity contribution in [2.24, 2.45) is 5.73 Å². The largest absolute Gasteiger partial charge is 0.466 e. The van der Waals surface area contributed by atoms with Crippen LogP contribution in [0.2, 0.25) is 0 Å². The number of nitrogens with zero attached hydrogens (tertiary/aromatic N) is 6. The van der Waals surface area contributed by atoms with E-state index in [-0.39, 0.29) is 68.3 Å². The molecule has 4 aromatic heterocycles. The fourth-order valence-electron chi connectivity index (χ4n) is 4.47. The van der Waals surface area contributed by atoms with Gasteiger partial charge in [-0.25, -0.2) is 19.3 Å². The number of primary amides is 1. The molecule has 0 bridgehead atoms. The number of carbonyl (C=O) groups excluding carboxylic acids is 2. The van der Waals surface area contributed by atoms with E-state index >= 15 is 4.39 Å². The molecule has 6 atom stereocenters. The smallest absolute Gasteiger partial charge is 0.325 e. The number of hydrogen-bond acceptors (Lipinski definition) is 15. The van der Waals surface area contributed by atoms with Crippen LogP contribution in [0.1, 0.15) is 22.4 Å². The van der Waals surface area contributed by atoms with Gasteiger partial charge in [-0.2, -0.15) is 4.98 Å². The lowest BCUT2D eigenvalue weighted by Crippen LogP contribution is -2.32. The zero-order valence-electron chi connectivity index (χ0n) is 22.2. The van der Waals surface area contributed by atoms with Crippen LogP contribution in [0, 0.1) is 0 Å². The molecule has 18 nitrogen and oxygen atoms in total. The van der Waals surface area contributed by atoms with Crippen molar-refractivity contribution >= 4 is 79.4 Å². The summed E-state index contributed by atoms with van der Waals surface area (Å²) in [5.74, 6) is -0.787. The first kappa shape index (κ1) is 32.3. The number of amides is 1. The molecular formula is C21H24FN9O9P2S2. The number of aromatic nitrogens is 7. The molecule has 5 rings (SSSR count). The standard InChI is InChI=1S/C21H24FN9O9P2S2/c22-13-11(5-37-41-43)39-20(31-7-26-14-18(31)28-21(24)29-19(14)34)15(13)40-42(35,44)38-6-12-27-10-3-9(16(23)33)4-25-17(10)30(12)1-2-36-8-32/h3-4,7-8,11,13,15,20,41,43H,1-2,5-6H2,(H2,23,33)(H,35,44)(H3,24,28,29,34)/t11-,13+,15-,20-,42?/m1/s1. The Labute approximate surface area is 257 Å². The van der Waals surface area contributed by atoms with Gasteiger partial charge in [-0.1, -0.05) is 0 Å². The number of anilines is 1. The highest BCUT2D eigenvalue weighted by atomic mass is 32.7. The zero-order valence-corrected chi connectivity index (χ0v) is 25.8. The molecule has 23 heteroatoms. The zero-order chi connectivity index (χ0) is 31.6. The fourth-order valence-corrected chi connectivity index (χ4v) is 6.25. The van der Waals surface area contributed by atoms with Gasteiger partial charge in [0.25, 0.3) is 12.0 Å². The summed E-state index contributed by atoms with van der Waals surface area (Å²) in [6.45, 7) is -4.65. The van der Waals surface area contributed by atoms with Gasteiger partial charge in [0.05, 0.1) is 33.1 Å². The molecule has 2 unspecified atom stereocenters. The highest BCUT2D eigenvalue weighted by Crippen LogP contribution is 2.51. The van der Waals surface area contributed by atoms with Crippen molar-refractivity contribution in [3.63, 3.8) is 0 Å². The predicted octanol–water partition coefficient (Wildman–Crippen LogP) is 0.228. The summed E-state index contributed by atoms with van der Waals surface area (Å²) < 4.78 is 45.6. The van der Waals surface area contributed by atoms with Gasteiger partial charge in [-0.3, -0.25) is 28.5 Å². The lowest BCUT2D eigenvalue weighted by Gasteiger charge is -2.25. The number of hydrogen-bond donors (Lipinski definition) is 5. The number of halogens is 1. The Morgan fingerprint density at radius 2 is 2.16 bits per heavy atom. The summed E-state index contributed by atoms with van der Waals surface area (Å²) >= 11 is 9.21. The van der Waals surface area contributed by atoms with E-state index in [9.17, 15) is 19.3 Å². The minimum Gasteiger partial charge on any atom is -0.466 e.